The van der Waals surface area contributed by atoms with Crippen LogP contribution in [0.15, 0.2) is 40.2 Å². The van der Waals surface area contributed by atoms with Crippen LogP contribution in [0.1, 0.15) is 13.8 Å². The minimum Gasteiger partial charge on any atom is -0.494 e. The van der Waals surface area contributed by atoms with E-state index < -0.39 is 18.1 Å². The van der Waals surface area contributed by atoms with Crippen molar-refractivity contribution in [2.24, 2.45) is 10.9 Å². The van der Waals surface area contributed by atoms with Crippen molar-refractivity contribution in [1.82, 2.24) is 15.2 Å². The molecular weight excluding hydrogens is 400 g/mol. The lowest BCUT2D eigenvalue weighted by Gasteiger charge is -2.14. The number of amides is 2. The maximum absolute atomic E-state index is 11.5. The summed E-state index contributed by atoms with van der Waals surface area (Å²) < 4.78 is 5.61. The van der Waals surface area contributed by atoms with Gasteiger partial charge in [0.05, 0.1) is 18.5 Å². The molecule has 0 aliphatic heterocycles. The maximum atomic E-state index is 11.5. The predicted molar refractivity (Wildman–Crippen MR) is 108 cm³/mol. The first kappa shape index (κ1) is 22.0. The third-order valence-electron chi connectivity index (χ3n) is 3.47. The molecule has 29 heavy (non-hydrogen) atoms. The van der Waals surface area contributed by atoms with Gasteiger partial charge < -0.3 is 20.1 Å². The van der Waals surface area contributed by atoms with Crippen LogP contribution in [-0.4, -0.2) is 50.9 Å². The number of aromatic hydroxyl groups is 2. The average molecular weight is 422 g/mol. The Kier molecular flexibility index (Phi) is 7.37. The molecular formula is C18H22N4O6S. The molecule has 0 bridgehead atoms. The van der Waals surface area contributed by atoms with Gasteiger partial charge >= 0.3 is 12.2 Å². The standard InChI is InChI=1S/C18H22N4O6S/c1-10(2)9-29-11-4-5-12(13(8-11)22-14(23)6-7-15(22)24)19-16(20-17(25)26)21-18(27)28-3/h4-8,10,23-24H,9H2,1-3H3,(H,25,26)(H2,19,20,21,27). The van der Waals surface area contributed by atoms with Crippen LogP contribution in [-0.2, 0) is 4.74 Å². The Balaban J connectivity index is 2.56. The fourth-order valence-corrected chi connectivity index (χ4v) is 3.13. The van der Waals surface area contributed by atoms with Crippen molar-refractivity contribution in [1.29, 1.82) is 0 Å². The van der Waals surface area contributed by atoms with Crippen molar-refractivity contribution in [2.45, 2.75) is 18.7 Å². The molecule has 2 aromatic rings. The van der Waals surface area contributed by atoms with Crippen molar-refractivity contribution >= 4 is 35.6 Å². The molecule has 11 heteroatoms. The number of hydrogen-bond donors (Lipinski definition) is 5. The summed E-state index contributed by atoms with van der Waals surface area (Å²) >= 11 is 1.58. The molecule has 10 nitrogen and oxygen atoms in total. The second kappa shape index (κ2) is 9.73. The summed E-state index contributed by atoms with van der Waals surface area (Å²) in [5.41, 5.74) is 0.468. The zero-order valence-corrected chi connectivity index (χ0v) is 16.9. The summed E-state index contributed by atoms with van der Waals surface area (Å²) in [4.78, 5) is 27.5. The number of guanidine groups is 1. The number of carbonyl (C=O) groups excluding carboxylic acids is 1. The second-order valence-corrected chi connectivity index (χ2v) is 7.34. The number of rotatable bonds is 5. The molecule has 0 unspecified atom stereocenters. The van der Waals surface area contributed by atoms with E-state index in [4.69, 9.17) is 5.11 Å². The molecule has 0 saturated heterocycles. The summed E-state index contributed by atoms with van der Waals surface area (Å²) in [5, 5.41) is 33.4. The summed E-state index contributed by atoms with van der Waals surface area (Å²) in [6, 6.07) is 7.66. The number of alkyl carbamates (subject to hydrolysis) is 1. The van der Waals surface area contributed by atoms with E-state index in [2.05, 4.69) is 28.9 Å². The van der Waals surface area contributed by atoms with E-state index >= 15 is 0 Å². The first-order valence-electron chi connectivity index (χ1n) is 8.51. The average Bonchev–Trinajstić information content (AvgIpc) is 2.98. The molecule has 2 amide bonds. The minimum atomic E-state index is -1.45. The van der Waals surface area contributed by atoms with Gasteiger partial charge in [-0.1, -0.05) is 13.8 Å². The van der Waals surface area contributed by atoms with E-state index in [1.54, 1.807) is 30.0 Å². The summed E-state index contributed by atoms with van der Waals surface area (Å²) in [6.45, 7) is 4.16. The summed E-state index contributed by atoms with van der Waals surface area (Å²) in [6.07, 6.45) is -2.37. The molecule has 1 aromatic carbocycles. The first-order chi connectivity index (χ1) is 13.7. The molecule has 0 aliphatic carbocycles. The second-order valence-electron chi connectivity index (χ2n) is 6.25. The quantitative estimate of drug-likeness (QED) is 0.282. The van der Waals surface area contributed by atoms with Crippen LogP contribution in [0.2, 0.25) is 0 Å². The van der Waals surface area contributed by atoms with Crippen LogP contribution >= 0.6 is 11.8 Å². The van der Waals surface area contributed by atoms with E-state index in [1.807, 2.05) is 5.32 Å². The monoisotopic (exact) mass is 422 g/mol. The van der Waals surface area contributed by atoms with Crippen LogP contribution in [0, 0.1) is 5.92 Å². The highest BCUT2D eigenvalue weighted by molar-refractivity contribution is 7.99. The van der Waals surface area contributed by atoms with Crippen molar-refractivity contribution in [3.8, 4) is 17.4 Å². The number of methoxy groups -OCH3 is 1. The van der Waals surface area contributed by atoms with E-state index in [-0.39, 0.29) is 23.1 Å². The molecule has 0 aliphatic rings. The Morgan fingerprint density at radius 1 is 1.17 bits per heavy atom. The van der Waals surface area contributed by atoms with Crippen molar-refractivity contribution < 1.29 is 29.6 Å². The van der Waals surface area contributed by atoms with Crippen LogP contribution in [0.3, 0.4) is 0 Å². The number of carbonyl (C=O) groups is 2. The number of thioether (sulfide) groups is 1. The lowest BCUT2D eigenvalue weighted by molar-refractivity contribution is 0.176. The van der Waals surface area contributed by atoms with Crippen LogP contribution in [0.5, 0.6) is 11.8 Å². The Hall–Kier alpha value is -3.34. The number of nitrogens with zero attached hydrogens (tertiary/aromatic N) is 2. The molecule has 0 fully saturated rings. The predicted octanol–water partition coefficient (Wildman–Crippen LogP) is 3.25. The molecule has 0 spiro atoms. The molecule has 0 atom stereocenters. The third-order valence-corrected chi connectivity index (χ3v) is 4.89. The van der Waals surface area contributed by atoms with Gasteiger partial charge in [-0.15, -0.1) is 11.8 Å². The van der Waals surface area contributed by atoms with E-state index in [0.717, 1.165) is 22.3 Å². The molecule has 0 saturated carbocycles. The van der Waals surface area contributed by atoms with E-state index in [0.29, 0.717) is 5.92 Å². The van der Waals surface area contributed by atoms with Gasteiger partial charge in [-0.3, -0.25) is 10.6 Å². The van der Waals surface area contributed by atoms with Gasteiger partial charge in [-0.05, 0) is 24.1 Å². The minimum absolute atomic E-state index is 0.181. The van der Waals surface area contributed by atoms with Gasteiger partial charge in [0.25, 0.3) is 0 Å². The molecule has 5 N–H and O–H groups in total. The highest BCUT2D eigenvalue weighted by Gasteiger charge is 2.16. The highest BCUT2D eigenvalue weighted by Crippen LogP contribution is 2.36. The SMILES string of the molecule is COC(=O)NC(=Nc1ccc(SCC(C)C)cc1-n1c(O)ccc1O)NC(=O)O. The molecule has 1 heterocycles. The van der Waals surface area contributed by atoms with Crippen LogP contribution in [0.4, 0.5) is 15.3 Å². The van der Waals surface area contributed by atoms with E-state index in [9.17, 15) is 19.8 Å². The zero-order valence-electron chi connectivity index (χ0n) is 16.0. The van der Waals surface area contributed by atoms with Crippen LogP contribution in [0.25, 0.3) is 5.69 Å². The fraction of sp³-hybridized carbons (Fsp3) is 0.278. The number of carboxylic acid groups (broad SMARTS) is 1. The fourth-order valence-electron chi connectivity index (χ4n) is 2.25. The van der Waals surface area contributed by atoms with Crippen molar-refractivity contribution in [3.05, 3.63) is 30.3 Å². The number of nitrogens with one attached hydrogen (secondary N) is 2. The molecule has 0 radical (unpaired) electrons. The van der Waals surface area contributed by atoms with Crippen molar-refractivity contribution in [3.63, 3.8) is 0 Å². The van der Waals surface area contributed by atoms with Gasteiger partial charge in [0, 0.05) is 22.8 Å². The third kappa shape index (κ3) is 6.07. The van der Waals surface area contributed by atoms with E-state index in [1.165, 1.54) is 12.1 Å². The van der Waals surface area contributed by atoms with Gasteiger partial charge in [-0.2, -0.15) is 0 Å². The number of ether oxygens (including phenoxy) is 1. The van der Waals surface area contributed by atoms with Crippen LogP contribution < -0.4 is 10.6 Å². The Bertz CT molecular complexity index is 906. The molecule has 1 aromatic heterocycles. The Labute approximate surface area is 171 Å². The normalized spacial score (nSPS) is 11.4. The maximum Gasteiger partial charge on any atom is 0.413 e. The Morgan fingerprint density at radius 2 is 1.83 bits per heavy atom. The Morgan fingerprint density at radius 3 is 2.38 bits per heavy atom. The van der Waals surface area contributed by atoms with Crippen molar-refractivity contribution in [2.75, 3.05) is 12.9 Å². The lowest BCUT2D eigenvalue weighted by Crippen LogP contribution is -2.43. The number of aromatic nitrogens is 1. The number of benzene rings is 1. The number of hydrogen-bond acceptors (Lipinski definition) is 7. The lowest BCUT2D eigenvalue weighted by atomic mass is 10.2. The van der Waals surface area contributed by atoms with Gasteiger partial charge in [0.1, 0.15) is 0 Å². The largest absolute Gasteiger partial charge is 0.494 e. The zero-order chi connectivity index (χ0) is 21.6. The summed E-state index contributed by atoms with van der Waals surface area (Å²) in [7, 11) is 1.12. The van der Waals surface area contributed by atoms with Gasteiger partial charge in [0.2, 0.25) is 5.96 Å². The first-order valence-corrected chi connectivity index (χ1v) is 9.50. The van der Waals surface area contributed by atoms with Gasteiger partial charge in [0.15, 0.2) is 11.8 Å². The smallest absolute Gasteiger partial charge is 0.413 e. The van der Waals surface area contributed by atoms with Gasteiger partial charge in [-0.25, -0.2) is 19.1 Å². The highest BCUT2D eigenvalue weighted by atomic mass is 32.2. The molecule has 2 rings (SSSR count). The topological polar surface area (TPSA) is 145 Å². The number of aliphatic imine (C=N–C) groups is 1. The summed E-state index contributed by atoms with van der Waals surface area (Å²) in [5.74, 6) is 0.420. The molecule has 156 valence electrons.